The summed E-state index contributed by atoms with van der Waals surface area (Å²) >= 11 is 0. The summed E-state index contributed by atoms with van der Waals surface area (Å²) in [6.45, 7) is 1.55. The molecule has 0 saturated carbocycles. The molecule has 0 saturated heterocycles. The number of amides is 1. The summed E-state index contributed by atoms with van der Waals surface area (Å²) in [6, 6.07) is 9.31. The molecule has 1 amide bonds. The molecule has 1 rings (SSSR count). The smallest absolute Gasteiger partial charge is 0.407 e. The fourth-order valence-corrected chi connectivity index (χ4v) is 0.998. The van der Waals surface area contributed by atoms with Crippen molar-refractivity contribution in [3.05, 3.63) is 35.9 Å². The van der Waals surface area contributed by atoms with Crippen LogP contribution in [0.15, 0.2) is 30.3 Å². The Hall–Kier alpha value is -1.58. The number of nitrogens with one attached hydrogen (secondary N) is 1. The van der Waals surface area contributed by atoms with Gasteiger partial charge in [-0.3, -0.25) is 0 Å². The summed E-state index contributed by atoms with van der Waals surface area (Å²) in [7, 11) is 0. The second kappa shape index (κ2) is 6.01. The Morgan fingerprint density at radius 3 is 2.73 bits per heavy atom. The fourth-order valence-electron chi connectivity index (χ4n) is 0.998. The third kappa shape index (κ3) is 5.00. The molecule has 0 radical (unpaired) electrons. The number of carbonyl (C=O) groups is 1. The van der Waals surface area contributed by atoms with Crippen molar-refractivity contribution in [1.29, 1.82) is 0 Å². The molecule has 0 aliphatic rings. The number of ether oxygens (including phenoxy) is 1. The molecular weight excluding hydrogens is 197 g/mol. The lowest BCUT2D eigenvalue weighted by molar-refractivity contribution is 0.137. The van der Waals surface area contributed by atoms with Crippen molar-refractivity contribution >= 4 is 6.09 Å². The molecule has 0 aliphatic heterocycles. The van der Waals surface area contributed by atoms with Crippen molar-refractivity contribution < 1.29 is 13.9 Å². The van der Waals surface area contributed by atoms with E-state index < -0.39 is 12.3 Å². The van der Waals surface area contributed by atoms with E-state index in [2.05, 4.69) is 5.32 Å². The predicted molar refractivity (Wildman–Crippen MR) is 55.2 cm³/mol. The van der Waals surface area contributed by atoms with Crippen LogP contribution in [0.4, 0.5) is 9.18 Å². The van der Waals surface area contributed by atoms with E-state index >= 15 is 0 Å². The van der Waals surface area contributed by atoms with Gasteiger partial charge in [-0.15, -0.1) is 0 Å². The lowest BCUT2D eigenvalue weighted by Crippen LogP contribution is -2.29. The molecule has 3 nitrogen and oxygen atoms in total. The van der Waals surface area contributed by atoms with Gasteiger partial charge in [0.05, 0.1) is 6.54 Å². The van der Waals surface area contributed by atoms with E-state index in [4.69, 9.17) is 4.74 Å². The van der Waals surface area contributed by atoms with E-state index in [1.54, 1.807) is 0 Å². The Bertz CT molecular complexity index is 301. The molecule has 0 spiro atoms. The number of halogens is 1. The van der Waals surface area contributed by atoms with Crippen LogP contribution in [-0.4, -0.2) is 18.8 Å². The SMILES string of the molecule is CC(F)CNC(=O)OCc1ccccc1. The van der Waals surface area contributed by atoms with E-state index in [1.807, 2.05) is 30.3 Å². The fraction of sp³-hybridized carbons (Fsp3) is 0.364. The molecule has 0 aromatic heterocycles. The second-order valence-corrected chi connectivity index (χ2v) is 3.22. The van der Waals surface area contributed by atoms with Gasteiger partial charge >= 0.3 is 6.09 Å². The topological polar surface area (TPSA) is 38.3 Å². The van der Waals surface area contributed by atoms with E-state index in [-0.39, 0.29) is 13.2 Å². The molecule has 0 fully saturated rings. The number of carbonyl (C=O) groups excluding carboxylic acids is 1. The average molecular weight is 211 g/mol. The van der Waals surface area contributed by atoms with Crippen LogP contribution in [0.25, 0.3) is 0 Å². The van der Waals surface area contributed by atoms with Crippen molar-refractivity contribution in [2.45, 2.75) is 19.7 Å². The molecule has 82 valence electrons. The first kappa shape index (κ1) is 11.5. The third-order valence-electron chi connectivity index (χ3n) is 1.74. The summed E-state index contributed by atoms with van der Waals surface area (Å²) < 4.78 is 17.2. The second-order valence-electron chi connectivity index (χ2n) is 3.22. The number of alkyl halides is 1. The third-order valence-corrected chi connectivity index (χ3v) is 1.74. The highest BCUT2D eigenvalue weighted by molar-refractivity contribution is 5.67. The molecule has 0 aliphatic carbocycles. The van der Waals surface area contributed by atoms with Gasteiger partial charge in [-0.1, -0.05) is 30.3 Å². The van der Waals surface area contributed by atoms with Crippen LogP contribution in [0.2, 0.25) is 0 Å². The number of benzene rings is 1. The highest BCUT2D eigenvalue weighted by Gasteiger charge is 2.04. The Balaban J connectivity index is 2.23. The van der Waals surface area contributed by atoms with Crippen LogP contribution in [0.5, 0.6) is 0 Å². The maximum absolute atomic E-state index is 12.4. The quantitative estimate of drug-likeness (QED) is 0.829. The van der Waals surface area contributed by atoms with Gasteiger partial charge in [-0.2, -0.15) is 0 Å². The van der Waals surface area contributed by atoms with E-state index in [1.165, 1.54) is 6.92 Å². The molecule has 1 N–H and O–H groups in total. The summed E-state index contributed by atoms with van der Waals surface area (Å²) in [6.07, 6.45) is -1.65. The minimum Gasteiger partial charge on any atom is -0.445 e. The van der Waals surface area contributed by atoms with Gasteiger partial charge < -0.3 is 10.1 Å². The lowest BCUT2D eigenvalue weighted by Gasteiger charge is -2.07. The molecule has 4 heteroatoms. The molecule has 1 atom stereocenters. The molecule has 0 heterocycles. The van der Waals surface area contributed by atoms with Crippen LogP contribution in [-0.2, 0) is 11.3 Å². The van der Waals surface area contributed by atoms with Crippen LogP contribution >= 0.6 is 0 Å². The highest BCUT2D eigenvalue weighted by atomic mass is 19.1. The normalized spacial score (nSPS) is 11.9. The van der Waals surface area contributed by atoms with Gasteiger partial charge in [-0.25, -0.2) is 9.18 Å². The Labute approximate surface area is 88.2 Å². The van der Waals surface area contributed by atoms with E-state index in [0.29, 0.717) is 0 Å². The van der Waals surface area contributed by atoms with Gasteiger partial charge in [0.15, 0.2) is 0 Å². The minimum absolute atomic E-state index is 0.0202. The lowest BCUT2D eigenvalue weighted by atomic mass is 10.2. The van der Waals surface area contributed by atoms with Crippen molar-refractivity contribution in [2.24, 2.45) is 0 Å². The minimum atomic E-state index is -1.06. The zero-order valence-corrected chi connectivity index (χ0v) is 8.57. The molecule has 15 heavy (non-hydrogen) atoms. The standard InChI is InChI=1S/C11H14FNO2/c1-9(12)7-13-11(14)15-8-10-5-3-2-4-6-10/h2-6,9H,7-8H2,1H3,(H,13,14). The summed E-state index contributed by atoms with van der Waals surface area (Å²) in [5.74, 6) is 0. The van der Waals surface area contributed by atoms with E-state index in [0.717, 1.165) is 5.56 Å². The van der Waals surface area contributed by atoms with Gasteiger partial charge in [0.1, 0.15) is 12.8 Å². The zero-order valence-electron chi connectivity index (χ0n) is 8.57. The van der Waals surface area contributed by atoms with Gasteiger partial charge in [0.25, 0.3) is 0 Å². The van der Waals surface area contributed by atoms with Crippen molar-refractivity contribution in [1.82, 2.24) is 5.32 Å². The van der Waals surface area contributed by atoms with Crippen molar-refractivity contribution in [2.75, 3.05) is 6.54 Å². The number of hydrogen-bond donors (Lipinski definition) is 1. The average Bonchev–Trinajstić information content (AvgIpc) is 2.25. The Morgan fingerprint density at radius 2 is 2.13 bits per heavy atom. The Morgan fingerprint density at radius 1 is 1.47 bits per heavy atom. The van der Waals surface area contributed by atoms with Crippen LogP contribution in [0.3, 0.4) is 0 Å². The first-order valence-electron chi connectivity index (χ1n) is 4.77. The molecule has 1 aromatic rings. The van der Waals surface area contributed by atoms with Crippen LogP contribution < -0.4 is 5.32 Å². The van der Waals surface area contributed by atoms with Crippen molar-refractivity contribution in [3.63, 3.8) is 0 Å². The van der Waals surface area contributed by atoms with E-state index in [9.17, 15) is 9.18 Å². The monoisotopic (exact) mass is 211 g/mol. The molecule has 0 bridgehead atoms. The van der Waals surface area contributed by atoms with Crippen LogP contribution in [0, 0.1) is 0 Å². The summed E-state index contributed by atoms with van der Waals surface area (Å²) in [5, 5.41) is 2.32. The Kier molecular flexibility index (Phi) is 4.60. The van der Waals surface area contributed by atoms with Crippen LogP contribution in [0.1, 0.15) is 12.5 Å². The van der Waals surface area contributed by atoms with Gasteiger partial charge in [-0.05, 0) is 12.5 Å². The summed E-state index contributed by atoms with van der Waals surface area (Å²) in [5.41, 5.74) is 0.904. The van der Waals surface area contributed by atoms with Gasteiger partial charge in [0.2, 0.25) is 0 Å². The number of rotatable bonds is 4. The number of hydrogen-bond acceptors (Lipinski definition) is 2. The largest absolute Gasteiger partial charge is 0.445 e. The maximum atomic E-state index is 12.4. The first-order valence-corrected chi connectivity index (χ1v) is 4.77. The van der Waals surface area contributed by atoms with Crippen molar-refractivity contribution in [3.8, 4) is 0 Å². The summed E-state index contributed by atoms with van der Waals surface area (Å²) in [4.78, 5) is 11.0. The molecule has 1 aromatic carbocycles. The molecule has 1 unspecified atom stereocenters. The predicted octanol–water partition coefficient (Wildman–Crippen LogP) is 2.27. The maximum Gasteiger partial charge on any atom is 0.407 e. The first-order chi connectivity index (χ1) is 7.18. The van der Waals surface area contributed by atoms with Gasteiger partial charge in [0, 0.05) is 0 Å². The molecular formula is C11H14FNO2. The highest BCUT2D eigenvalue weighted by Crippen LogP contribution is 2.00. The number of alkyl carbamates (subject to hydrolysis) is 1. The zero-order chi connectivity index (χ0) is 11.1.